The van der Waals surface area contributed by atoms with Gasteiger partial charge in [0.1, 0.15) is 10.8 Å². The second-order valence-electron chi connectivity index (χ2n) is 7.44. The van der Waals surface area contributed by atoms with Gasteiger partial charge in [-0.05, 0) is 12.5 Å². The predicted molar refractivity (Wildman–Crippen MR) is 109 cm³/mol. The number of hydrogen-bond donors (Lipinski definition) is 1. The fraction of sp³-hybridized carbons (Fsp3) is 0.381. The van der Waals surface area contributed by atoms with E-state index in [1.807, 2.05) is 6.20 Å². The summed E-state index contributed by atoms with van der Waals surface area (Å²) in [5, 5.41) is 1.06. The second kappa shape index (κ2) is 7.37. The van der Waals surface area contributed by atoms with Gasteiger partial charge in [0.15, 0.2) is 0 Å². The van der Waals surface area contributed by atoms with Gasteiger partial charge in [0.2, 0.25) is 0 Å². The highest BCUT2D eigenvalue weighted by atomic mass is 32.1. The minimum absolute atomic E-state index is 0.0123. The fourth-order valence-corrected chi connectivity index (χ4v) is 4.49. The molecule has 3 aromatic rings. The molecule has 0 spiro atoms. The molecule has 6 heteroatoms. The normalized spacial score (nSPS) is 14.5. The van der Waals surface area contributed by atoms with Crippen molar-refractivity contribution in [2.24, 2.45) is 0 Å². The van der Waals surface area contributed by atoms with Crippen LogP contribution < -0.4 is 5.56 Å². The van der Waals surface area contributed by atoms with Gasteiger partial charge in [0, 0.05) is 48.6 Å². The van der Waals surface area contributed by atoms with E-state index < -0.39 is 0 Å². The van der Waals surface area contributed by atoms with E-state index in [1.54, 1.807) is 11.3 Å². The summed E-state index contributed by atoms with van der Waals surface area (Å²) >= 11 is 1.73. The Morgan fingerprint density at radius 1 is 1.30 bits per heavy atom. The van der Waals surface area contributed by atoms with Crippen molar-refractivity contribution in [1.29, 1.82) is 0 Å². The molecule has 1 aliphatic heterocycles. The first-order chi connectivity index (χ1) is 13.0. The zero-order valence-electron chi connectivity index (χ0n) is 16.0. The van der Waals surface area contributed by atoms with Gasteiger partial charge in [0.05, 0.1) is 11.3 Å². The maximum absolute atomic E-state index is 12.5. The molecule has 0 fully saturated rings. The number of nitrogens with one attached hydrogen (secondary N) is 1. The molecule has 0 saturated heterocycles. The van der Waals surface area contributed by atoms with Crippen LogP contribution in [0.3, 0.4) is 0 Å². The number of aromatic amines is 1. The SMILES string of the molecule is Cc1ccccc1-c1ncc(CN2CCc3nc(C(C)C)[nH]c(=O)c3C2)s1. The zero-order chi connectivity index (χ0) is 19.0. The van der Waals surface area contributed by atoms with E-state index in [2.05, 4.69) is 64.9 Å². The zero-order valence-corrected chi connectivity index (χ0v) is 16.8. The molecule has 5 nitrogen and oxygen atoms in total. The highest BCUT2D eigenvalue weighted by Gasteiger charge is 2.22. The van der Waals surface area contributed by atoms with Crippen LogP contribution in [0, 0.1) is 6.92 Å². The van der Waals surface area contributed by atoms with Crippen molar-refractivity contribution >= 4 is 11.3 Å². The van der Waals surface area contributed by atoms with Crippen LogP contribution in [0.4, 0.5) is 0 Å². The van der Waals surface area contributed by atoms with Crippen LogP contribution in [0.25, 0.3) is 10.6 Å². The fourth-order valence-electron chi connectivity index (χ4n) is 3.45. The van der Waals surface area contributed by atoms with Crippen LogP contribution in [0.5, 0.6) is 0 Å². The minimum atomic E-state index is 0.0123. The Balaban J connectivity index is 1.51. The molecule has 0 unspecified atom stereocenters. The molecule has 0 bridgehead atoms. The third-order valence-corrected chi connectivity index (χ3v) is 6.04. The number of thiazole rings is 1. The number of rotatable bonds is 4. The van der Waals surface area contributed by atoms with Crippen molar-refractivity contribution in [3.05, 3.63) is 68.3 Å². The summed E-state index contributed by atoms with van der Waals surface area (Å²) in [6.45, 7) is 8.59. The number of aromatic nitrogens is 3. The van der Waals surface area contributed by atoms with Crippen LogP contribution in [0.15, 0.2) is 35.3 Å². The van der Waals surface area contributed by atoms with Gasteiger partial charge in [-0.2, -0.15) is 0 Å². The lowest BCUT2D eigenvalue weighted by molar-refractivity contribution is 0.243. The summed E-state index contributed by atoms with van der Waals surface area (Å²) in [5.41, 5.74) is 4.22. The Morgan fingerprint density at radius 3 is 2.89 bits per heavy atom. The van der Waals surface area contributed by atoms with Crippen LogP contribution in [-0.4, -0.2) is 26.4 Å². The smallest absolute Gasteiger partial charge is 0.255 e. The average molecular weight is 381 g/mol. The van der Waals surface area contributed by atoms with Gasteiger partial charge < -0.3 is 4.98 Å². The number of benzene rings is 1. The molecule has 3 heterocycles. The van der Waals surface area contributed by atoms with E-state index >= 15 is 0 Å². The Hall–Kier alpha value is -2.31. The van der Waals surface area contributed by atoms with Crippen LogP contribution in [-0.2, 0) is 19.5 Å². The second-order valence-corrected chi connectivity index (χ2v) is 8.55. The van der Waals surface area contributed by atoms with Crippen molar-refractivity contribution in [1.82, 2.24) is 19.9 Å². The topological polar surface area (TPSA) is 61.9 Å². The largest absolute Gasteiger partial charge is 0.310 e. The number of hydrogen-bond acceptors (Lipinski definition) is 5. The summed E-state index contributed by atoms with van der Waals surface area (Å²) in [4.78, 5) is 28.3. The van der Waals surface area contributed by atoms with Gasteiger partial charge in [-0.3, -0.25) is 9.69 Å². The number of fused-ring (bicyclic) bond motifs is 1. The van der Waals surface area contributed by atoms with Crippen molar-refractivity contribution in [2.45, 2.75) is 46.2 Å². The first-order valence-electron chi connectivity index (χ1n) is 9.36. The van der Waals surface area contributed by atoms with Gasteiger partial charge in [-0.25, -0.2) is 9.97 Å². The summed E-state index contributed by atoms with van der Waals surface area (Å²) in [5.74, 6) is 1.02. The number of H-pyrrole nitrogens is 1. The standard InChI is InChI=1S/C21H24N4OS/c1-13(2)19-23-18-8-9-25(12-17(18)20(26)24-19)11-15-10-22-21(27-15)16-7-5-4-6-14(16)3/h4-7,10,13H,8-9,11-12H2,1-3H3,(H,23,24,26). The van der Waals surface area contributed by atoms with Gasteiger partial charge in [0.25, 0.3) is 5.56 Å². The molecule has 1 aliphatic rings. The van der Waals surface area contributed by atoms with Crippen molar-refractivity contribution in [3.63, 3.8) is 0 Å². The van der Waals surface area contributed by atoms with Gasteiger partial charge >= 0.3 is 0 Å². The lowest BCUT2D eigenvalue weighted by atomic mass is 10.1. The lowest BCUT2D eigenvalue weighted by Crippen LogP contribution is -2.35. The van der Waals surface area contributed by atoms with Crippen LogP contribution in [0.1, 0.15) is 47.3 Å². The van der Waals surface area contributed by atoms with E-state index in [1.165, 1.54) is 16.0 Å². The number of aryl methyl sites for hydroxylation is 1. The van der Waals surface area contributed by atoms with Crippen molar-refractivity contribution < 1.29 is 0 Å². The molecule has 1 aromatic carbocycles. The Bertz CT molecular complexity index is 1020. The Kier molecular flexibility index (Phi) is 4.93. The van der Waals surface area contributed by atoms with Gasteiger partial charge in [-0.15, -0.1) is 11.3 Å². The van der Waals surface area contributed by atoms with Crippen molar-refractivity contribution in [3.8, 4) is 10.6 Å². The van der Waals surface area contributed by atoms with Crippen LogP contribution in [0.2, 0.25) is 0 Å². The Labute approximate surface area is 163 Å². The molecule has 1 N–H and O–H groups in total. The predicted octanol–water partition coefficient (Wildman–Crippen LogP) is 3.88. The summed E-state index contributed by atoms with van der Waals surface area (Å²) < 4.78 is 0. The molecule has 0 amide bonds. The molecule has 0 saturated carbocycles. The van der Waals surface area contributed by atoms with E-state index in [0.717, 1.165) is 41.6 Å². The summed E-state index contributed by atoms with van der Waals surface area (Å²) in [6.07, 6.45) is 2.79. The van der Waals surface area contributed by atoms with Gasteiger partial charge in [-0.1, -0.05) is 38.1 Å². The minimum Gasteiger partial charge on any atom is -0.310 e. The molecule has 0 radical (unpaired) electrons. The summed E-state index contributed by atoms with van der Waals surface area (Å²) in [6, 6.07) is 8.33. The molecule has 0 atom stereocenters. The average Bonchev–Trinajstić information content (AvgIpc) is 3.10. The molecule has 2 aromatic heterocycles. The van der Waals surface area contributed by atoms with Crippen LogP contribution >= 0.6 is 11.3 Å². The molecule has 4 rings (SSSR count). The first kappa shape index (κ1) is 18.1. The van der Waals surface area contributed by atoms with E-state index in [-0.39, 0.29) is 11.5 Å². The molecular formula is C21H24N4OS. The maximum Gasteiger partial charge on any atom is 0.255 e. The maximum atomic E-state index is 12.5. The summed E-state index contributed by atoms with van der Waals surface area (Å²) in [7, 11) is 0. The molecular weight excluding hydrogens is 356 g/mol. The third kappa shape index (κ3) is 3.73. The molecule has 0 aliphatic carbocycles. The first-order valence-corrected chi connectivity index (χ1v) is 10.2. The van der Waals surface area contributed by atoms with Crippen molar-refractivity contribution in [2.75, 3.05) is 6.54 Å². The molecule has 27 heavy (non-hydrogen) atoms. The lowest BCUT2D eigenvalue weighted by Gasteiger charge is -2.27. The molecule has 140 valence electrons. The third-order valence-electron chi connectivity index (χ3n) is 5.02. The monoisotopic (exact) mass is 380 g/mol. The Morgan fingerprint density at radius 2 is 2.11 bits per heavy atom. The van der Waals surface area contributed by atoms with E-state index in [4.69, 9.17) is 0 Å². The highest BCUT2D eigenvalue weighted by Crippen LogP contribution is 2.29. The van der Waals surface area contributed by atoms with E-state index in [0.29, 0.717) is 6.54 Å². The van der Waals surface area contributed by atoms with E-state index in [9.17, 15) is 4.79 Å². The highest BCUT2D eigenvalue weighted by molar-refractivity contribution is 7.15. The number of nitrogens with zero attached hydrogens (tertiary/aromatic N) is 3. The quantitative estimate of drug-likeness (QED) is 0.746.